The molecule has 0 N–H and O–H groups in total. The van der Waals surface area contributed by atoms with Crippen molar-refractivity contribution in [2.45, 2.75) is 58.1 Å². The largest absolute Gasteiger partial charge is 0.493 e. The molecule has 0 radical (unpaired) electrons. The van der Waals surface area contributed by atoms with Gasteiger partial charge in [-0.05, 0) is 97.2 Å². The summed E-state index contributed by atoms with van der Waals surface area (Å²) in [6.07, 6.45) is 1.95. The second-order valence-corrected chi connectivity index (χ2v) is 11.1. The third-order valence-corrected chi connectivity index (χ3v) is 8.11. The van der Waals surface area contributed by atoms with Gasteiger partial charge in [-0.15, -0.1) is 0 Å². The molecular weight excluding hydrogens is 517 g/mol. The van der Waals surface area contributed by atoms with Crippen molar-refractivity contribution < 1.29 is 23.4 Å². The van der Waals surface area contributed by atoms with Crippen LogP contribution in [0.25, 0.3) is 0 Å². The zero-order chi connectivity index (χ0) is 27.7. The van der Waals surface area contributed by atoms with Crippen LogP contribution in [0.1, 0.15) is 67.8 Å². The maximum Gasteiger partial charge on any atom is 0.232 e. The van der Waals surface area contributed by atoms with Gasteiger partial charge < -0.3 is 19.1 Å². The lowest BCUT2D eigenvalue weighted by Gasteiger charge is -2.38. The second-order valence-electron chi connectivity index (χ2n) is 10.7. The highest BCUT2D eigenvalue weighted by Crippen LogP contribution is 2.44. The maximum atomic E-state index is 15.7. The van der Waals surface area contributed by atoms with E-state index in [1.165, 1.54) is 6.07 Å². The van der Waals surface area contributed by atoms with Crippen molar-refractivity contribution in [3.05, 3.63) is 87.7 Å². The van der Waals surface area contributed by atoms with E-state index in [4.69, 9.17) is 25.8 Å². The van der Waals surface area contributed by atoms with Gasteiger partial charge in [0.1, 0.15) is 5.82 Å². The summed E-state index contributed by atoms with van der Waals surface area (Å²) in [5.74, 6) is 1.21. The van der Waals surface area contributed by atoms with Crippen molar-refractivity contribution >= 4 is 23.2 Å². The fourth-order valence-electron chi connectivity index (χ4n) is 5.83. The topological polar surface area (TPSA) is 48.0 Å². The summed E-state index contributed by atoms with van der Waals surface area (Å²) in [4.78, 5) is 15.4. The van der Waals surface area contributed by atoms with E-state index in [9.17, 15) is 4.79 Å². The molecule has 1 unspecified atom stereocenters. The molecule has 39 heavy (non-hydrogen) atoms. The Morgan fingerprint density at radius 1 is 1.00 bits per heavy atom. The molecule has 1 saturated heterocycles. The summed E-state index contributed by atoms with van der Waals surface area (Å²) < 4.78 is 32.9. The van der Waals surface area contributed by atoms with Crippen molar-refractivity contribution in [3.63, 3.8) is 0 Å². The quantitative estimate of drug-likeness (QED) is 0.305. The van der Waals surface area contributed by atoms with Gasteiger partial charge >= 0.3 is 0 Å². The number of carbonyl (C=O) groups excluding carboxylic acids is 1. The van der Waals surface area contributed by atoms with E-state index in [0.29, 0.717) is 46.9 Å². The van der Waals surface area contributed by atoms with Crippen molar-refractivity contribution in [1.29, 1.82) is 0 Å². The number of anilines is 1. The highest BCUT2D eigenvalue weighted by Gasteiger charge is 2.36. The summed E-state index contributed by atoms with van der Waals surface area (Å²) in [5.41, 5.74) is 3.83. The number of methoxy groups -OCH3 is 1. The standard InChI is InChI=1S/C32H35ClFNO4/c1-19(2)39-30-18-27-23(15-29(30)37-4)16-31(36)35(32(27)22-5-7-24(33)8-6-22)25-9-10-26(28(34)17-25)20(3)21-11-13-38-14-12-21/h5-10,15,17-21,32H,11-14,16H2,1-4H3/t20?,32-/m0/s1. The van der Waals surface area contributed by atoms with Crippen LogP contribution in [0.15, 0.2) is 54.6 Å². The Labute approximate surface area is 234 Å². The molecular formula is C32H35ClFNO4. The van der Waals surface area contributed by atoms with Crippen LogP contribution < -0.4 is 14.4 Å². The van der Waals surface area contributed by atoms with Gasteiger partial charge in [0, 0.05) is 23.9 Å². The van der Waals surface area contributed by atoms with E-state index < -0.39 is 6.04 Å². The number of rotatable bonds is 7. The first kappa shape index (κ1) is 27.5. The van der Waals surface area contributed by atoms with Crippen LogP contribution in [0.5, 0.6) is 11.5 Å². The predicted octanol–water partition coefficient (Wildman–Crippen LogP) is 7.48. The lowest BCUT2D eigenvalue weighted by atomic mass is 9.82. The molecule has 1 amide bonds. The Morgan fingerprint density at radius 2 is 1.72 bits per heavy atom. The summed E-state index contributed by atoms with van der Waals surface area (Å²) in [6, 6.07) is 16.0. The van der Waals surface area contributed by atoms with E-state index in [1.807, 2.05) is 62.4 Å². The Hall–Kier alpha value is -3.09. The van der Waals surface area contributed by atoms with Crippen molar-refractivity contribution in [1.82, 2.24) is 0 Å². The van der Waals surface area contributed by atoms with E-state index in [-0.39, 0.29) is 30.2 Å². The van der Waals surface area contributed by atoms with Crippen LogP contribution in [0, 0.1) is 11.7 Å². The molecule has 5 nitrogen and oxygen atoms in total. The normalized spacial score (nSPS) is 18.7. The minimum atomic E-state index is -0.489. The summed E-state index contributed by atoms with van der Waals surface area (Å²) in [6.45, 7) is 7.42. The third-order valence-electron chi connectivity index (χ3n) is 7.86. The molecule has 7 heteroatoms. The molecule has 206 valence electrons. The van der Waals surface area contributed by atoms with Crippen molar-refractivity contribution in [2.24, 2.45) is 5.92 Å². The van der Waals surface area contributed by atoms with Crippen LogP contribution in [0.4, 0.5) is 10.1 Å². The Bertz CT molecular complexity index is 1340. The zero-order valence-corrected chi connectivity index (χ0v) is 23.6. The van der Waals surface area contributed by atoms with Crippen LogP contribution in [-0.2, 0) is 16.0 Å². The molecule has 2 aliphatic heterocycles. The molecule has 2 atom stereocenters. The van der Waals surface area contributed by atoms with Crippen molar-refractivity contribution in [3.8, 4) is 11.5 Å². The Kier molecular flexibility index (Phi) is 8.15. The second kappa shape index (κ2) is 11.6. The van der Waals surface area contributed by atoms with Gasteiger partial charge in [-0.2, -0.15) is 0 Å². The van der Waals surface area contributed by atoms with Crippen molar-refractivity contribution in [2.75, 3.05) is 25.2 Å². The number of benzene rings is 3. The number of fused-ring (bicyclic) bond motifs is 1. The number of amides is 1. The average molecular weight is 552 g/mol. The first-order valence-electron chi connectivity index (χ1n) is 13.6. The zero-order valence-electron chi connectivity index (χ0n) is 22.9. The molecule has 0 spiro atoms. The molecule has 3 aromatic rings. The first-order chi connectivity index (χ1) is 18.8. The Morgan fingerprint density at radius 3 is 2.36 bits per heavy atom. The third kappa shape index (κ3) is 5.64. The van der Waals surface area contributed by atoms with Gasteiger partial charge in [0.25, 0.3) is 0 Å². The number of hydrogen-bond acceptors (Lipinski definition) is 4. The molecule has 0 saturated carbocycles. The lowest BCUT2D eigenvalue weighted by molar-refractivity contribution is -0.118. The lowest BCUT2D eigenvalue weighted by Crippen LogP contribution is -2.41. The fourth-order valence-corrected chi connectivity index (χ4v) is 5.96. The minimum Gasteiger partial charge on any atom is -0.493 e. The molecule has 0 aliphatic carbocycles. The van der Waals surface area contributed by atoms with E-state index in [1.54, 1.807) is 12.0 Å². The SMILES string of the molecule is COc1cc2c(cc1OC(C)C)[C@H](c1ccc(Cl)cc1)N(c1ccc(C(C)C3CCOCC3)c(F)c1)C(=O)C2. The number of hydrogen-bond donors (Lipinski definition) is 0. The van der Waals surface area contributed by atoms with E-state index >= 15 is 4.39 Å². The molecule has 2 heterocycles. The van der Waals surface area contributed by atoms with Crippen LogP contribution in [-0.4, -0.2) is 32.3 Å². The van der Waals surface area contributed by atoms with Gasteiger partial charge in [-0.25, -0.2) is 4.39 Å². The Balaban J connectivity index is 1.59. The number of ether oxygens (including phenoxy) is 3. The van der Waals surface area contributed by atoms with Crippen LogP contribution in [0.2, 0.25) is 5.02 Å². The van der Waals surface area contributed by atoms with Gasteiger partial charge in [-0.3, -0.25) is 4.79 Å². The van der Waals surface area contributed by atoms with E-state index in [2.05, 4.69) is 6.92 Å². The maximum absolute atomic E-state index is 15.7. The average Bonchev–Trinajstić information content (AvgIpc) is 2.92. The van der Waals surface area contributed by atoms with Crippen LogP contribution in [0.3, 0.4) is 0 Å². The minimum absolute atomic E-state index is 0.0633. The molecule has 5 rings (SSSR count). The molecule has 1 fully saturated rings. The number of nitrogens with zero attached hydrogens (tertiary/aromatic N) is 1. The van der Waals surface area contributed by atoms with Gasteiger partial charge in [0.05, 0.1) is 25.7 Å². The summed E-state index contributed by atoms with van der Waals surface area (Å²) in [5, 5.41) is 0.601. The highest BCUT2D eigenvalue weighted by atomic mass is 35.5. The monoisotopic (exact) mass is 551 g/mol. The van der Waals surface area contributed by atoms with Gasteiger partial charge in [0.15, 0.2) is 11.5 Å². The smallest absolute Gasteiger partial charge is 0.232 e. The fraction of sp³-hybridized carbons (Fsp3) is 0.406. The predicted molar refractivity (Wildman–Crippen MR) is 152 cm³/mol. The van der Waals surface area contributed by atoms with Crippen LogP contribution >= 0.6 is 11.6 Å². The van der Waals surface area contributed by atoms with Gasteiger partial charge in [-0.1, -0.05) is 36.7 Å². The van der Waals surface area contributed by atoms with E-state index in [0.717, 1.165) is 29.5 Å². The van der Waals surface area contributed by atoms with Gasteiger partial charge in [0.2, 0.25) is 5.91 Å². The first-order valence-corrected chi connectivity index (χ1v) is 14.0. The molecule has 0 bridgehead atoms. The summed E-state index contributed by atoms with van der Waals surface area (Å²) >= 11 is 6.21. The molecule has 3 aromatic carbocycles. The molecule has 2 aliphatic rings. The summed E-state index contributed by atoms with van der Waals surface area (Å²) in [7, 11) is 1.59. The highest BCUT2D eigenvalue weighted by molar-refractivity contribution is 6.30. The number of halogens is 2. The number of carbonyl (C=O) groups is 1. The molecule has 0 aromatic heterocycles.